The normalized spacial score (nSPS) is 25.4. The second-order valence-corrected chi connectivity index (χ2v) is 15.8. The molecule has 4 aliphatic rings. The lowest BCUT2D eigenvalue weighted by Crippen LogP contribution is -2.53. The van der Waals surface area contributed by atoms with Crippen LogP contribution in [0.15, 0.2) is 95.0 Å². The molecule has 0 aromatic heterocycles. The number of ether oxygens (including phenoxy) is 2. The molecule has 3 fully saturated rings. The quantitative estimate of drug-likeness (QED) is 0.0780. The van der Waals surface area contributed by atoms with Crippen LogP contribution in [0, 0.1) is 33.8 Å². The molecule has 2 heterocycles. The fourth-order valence-corrected chi connectivity index (χ4v) is 10.0. The minimum absolute atomic E-state index is 0.0222. The molecule has 4 aromatic rings. The summed E-state index contributed by atoms with van der Waals surface area (Å²) in [4.78, 5) is 71.0. The van der Waals surface area contributed by atoms with Crippen LogP contribution in [0.4, 0.5) is 17.1 Å². The molecule has 286 valence electrons. The number of hydrogen-bond donors (Lipinski definition) is 2. The summed E-state index contributed by atoms with van der Waals surface area (Å²) < 4.78 is 11.5. The van der Waals surface area contributed by atoms with Crippen molar-refractivity contribution in [2.24, 2.45) is 23.7 Å². The molecule has 56 heavy (non-hydrogen) atoms. The molecule has 2 aliphatic heterocycles. The van der Waals surface area contributed by atoms with Gasteiger partial charge in [-0.15, -0.1) is 0 Å². The zero-order valence-corrected chi connectivity index (χ0v) is 32.7. The van der Waals surface area contributed by atoms with Crippen molar-refractivity contribution < 1.29 is 38.7 Å². The number of hydrogen-bond acceptors (Lipinski definition) is 10. The number of aromatic hydroxyl groups is 1. The highest BCUT2D eigenvalue weighted by Crippen LogP contribution is 2.65. The van der Waals surface area contributed by atoms with Crippen LogP contribution in [0.5, 0.6) is 17.2 Å². The van der Waals surface area contributed by atoms with Crippen molar-refractivity contribution in [3.05, 3.63) is 126 Å². The molecule has 0 radical (unpaired) electrons. The number of rotatable bonds is 8. The van der Waals surface area contributed by atoms with E-state index in [4.69, 9.17) is 32.7 Å². The maximum Gasteiger partial charge on any atom is 0.269 e. The standard InChI is InChI=1S/C40H31BrCl2N4O9/c1-55-24-10-3-19(4-11-24)40-29(37(50)46(39(40)52)44-31-14-5-21(42)17-30(31)43)18-27-25(34(40)28-15-20(41)16-32(56-2)35(28)48)12-13-26-33(27)38(51)45(36(26)49)22-6-8-23(9-7-22)47(53)54/h3-12,14-17,26-27,29,33-34,44,48H,13,18H2,1-2H3/t26-,27+,29-,33-,34+,40+/m0/s1. The number of halogens is 3. The number of imide groups is 2. The van der Waals surface area contributed by atoms with Gasteiger partial charge in [0.15, 0.2) is 11.5 Å². The van der Waals surface area contributed by atoms with E-state index in [0.29, 0.717) is 26.4 Å². The summed E-state index contributed by atoms with van der Waals surface area (Å²) in [6.07, 6.45) is 1.94. The second-order valence-electron chi connectivity index (χ2n) is 14.0. The monoisotopic (exact) mass is 860 g/mol. The minimum Gasteiger partial charge on any atom is -0.504 e. The Kier molecular flexibility index (Phi) is 9.33. The van der Waals surface area contributed by atoms with Crippen LogP contribution in [-0.4, -0.2) is 52.9 Å². The number of anilines is 2. The number of nitrogens with zero attached hydrogens (tertiary/aromatic N) is 3. The molecule has 0 unspecified atom stereocenters. The molecule has 4 amide bonds. The second kappa shape index (κ2) is 13.9. The van der Waals surface area contributed by atoms with Gasteiger partial charge in [-0.25, -0.2) is 0 Å². The third kappa shape index (κ3) is 5.56. The van der Waals surface area contributed by atoms with Crippen molar-refractivity contribution in [2.75, 3.05) is 24.5 Å². The Morgan fingerprint density at radius 3 is 2.27 bits per heavy atom. The summed E-state index contributed by atoms with van der Waals surface area (Å²) in [5.41, 5.74) is 2.71. The van der Waals surface area contributed by atoms with E-state index in [1.165, 1.54) is 50.6 Å². The van der Waals surface area contributed by atoms with E-state index >= 15 is 4.79 Å². The van der Waals surface area contributed by atoms with Gasteiger partial charge in [0.25, 0.3) is 17.5 Å². The van der Waals surface area contributed by atoms with Crippen LogP contribution >= 0.6 is 39.1 Å². The Labute approximate surface area is 338 Å². The number of carbonyl (C=O) groups excluding carboxylic acids is 4. The minimum atomic E-state index is -1.72. The number of phenols is 1. The van der Waals surface area contributed by atoms with Crippen molar-refractivity contribution in [1.29, 1.82) is 0 Å². The average molecular weight is 863 g/mol. The number of carbonyl (C=O) groups is 4. The molecule has 16 heteroatoms. The largest absolute Gasteiger partial charge is 0.504 e. The van der Waals surface area contributed by atoms with Gasteiger partial charge in [0.1, 0.15) is 5.75 Å². The van der Waals surface area contributed by atoms with Gasteiger partial charge in [-0.1, -0.05) is 62.9 Å². The van der Waals surface area contributed by atoms with Gasteiger partial charge < -0.3 is 14.6 Å². The smallest absolute Gasteiger partial charge is 0.269 e. The van der Waals surface area contributed by atoms with E-state index in [0.717, 1.165) is 9.91 Å². The molecular weight excluding hydrogens is 831 g/mol. The van der Waals surface area contributed by atoms with Gasteiger partial charge in [0, 0.05) is 33.1 Å². The first-order valence-electron chi connectivity index (χ1n) is 17.4. The number of nitro benzene ring substituents is 1. The number of fused-ring (bicyclic) bond motifs is 4. The third-order valence-electron chi connectivity index (χ3n) is 11.5. The van der Waals surface area contributed by atoms with E-state index in [1.54, 1.807) is 42.5 Å². The molecule has 2 N–H and O–H groups in total. The highest BCUT2D eigenvalue weighted by molar-refractivity contribution is 9.10. The summed E-state index contributed by atoms with van der Waals surface area (Å²) >= 11 is 16.2. The lowest BCUT2D eigenvalue weighted by Gasteiger charge is -2.50. The van der Waals surface area contributed by atoms with E-state index in [1.807, 2.05) is 6.08 Å². The summed E-state index contributed by atoms with van der Waals surface area (Å²) in [5, 5.41) is 24.7. The van der Waals surface area contributed by atoms with Crippen molar-refractivity contribution in [3.8, 4) is 17.2 Å². The summed E-state index contributed by atoms with van der Waals surface area (Å²) in [6, 6.07) is 19.7. The fourth-order valence-electron chi connectivity index (χ4n) is 9.14. The maximum absolute atomic E-state index is 15.5. The van der Waals surface area contributed by atoms with Crippen molar-refractivity contribution in [1.82, 2.24) is 5.01 Å². The number of phenolic OH excluding ortho intramolecular Hbond substituents is 1. The number of hydrazine groups is 1. The van der Waals surface area contributed by atoms with Gasteiger partial charge in [0.2, 0.25) is 11.8 Å². The Morgan fingerprint density at radius 1 is 0.911 bits per heavy atom. The lowest BCUT2D eigenvalue weighted by atomic mass is 9.49. The number of non-ortho nitro benzene ring substituents is 1. The molecule has 8 rings (SSSR count). The Morgan fingerprint density at radius 2 is 1.62 bits per heavy atom. The molecule has 1 saturated carbocycles. The predicted octanol–water partition coefficient (Wildman–Crippen LogP) is 7.58. The predicted molar refractivity (Wildman–Crippen MR) is 209 cm³/mol. The first-order chi connectivity index (χ1) is 26.8. The van der Waals surface area contributed by atoms with Gasteiger partial charge in [0.05, 0.1) is 58.7 Å². The molecule has 2 saturated heterocycles. The van der Waals surface area contributed by atoms with Gasteiger partial charge >= 0.3 is 0 Å². The Hall–Kier alpha value is -5.44. The molecule has 6 atom stereocenters. The Bertz CT molecular complexity index is 2390. The molecule has 0 spiro atoms. The lowest BCUT2D eigenvalue weighted by molar-refractivity contribution is -0.384. The van der Waals surface area contributed by atoms with Gasteiger partial charge in [-0.3, -0.25) is 39.6 Å². The SMILES string of the molecule is COc1ccc([C@@]23C(=O)N(Nc4ccc(Cl)cc4Cl)C(=O)[C@@H]2C[C@@H]2C(=CC[C@@H]4C(=O)N(c5ccc([N+](=O)[O-])cc5)C(=O)[C@@H]42)[C@@H]3c2cc(Br)cc(OC)c2O)cc1. The van der Waals surface area contributed by atoms with E-state index < -0.39 is 63.6 Å². The van der Waals surface area contributed by atoms with E-state index in [9.17, 15) is 29.6 Å². The average Bonchev–Trinajstić information content (AvgIpc) is 3.57. The highest BCUT2D eigenvalue weighted by Gasteiger charge is 2.71. The van der Waals surface area contributed by atoms with Gasteiger partial charge in [-0.2, -0.15) is 5.01 Å². The number of amides is 4. The molecule has 13 nitrogen and oxygen atoms in total. The molecular formula is C40H31BrCl2N4O9. The zero-order valence-electron chi connectivity index (χ0n) is 29.6. The van der Waals surface area contributed by atoms with Crippen LogP contribution in [-0.2, 0) is 24.6 Å². The molecule has 4 aromatic carbocycles. The molecule has 2 aliphatic carbocycles. The number of allylic oxidation sites excluding steroid dienone is 2. The summed E-state index contributed by atoms with van der Waals surface area (Å²) in [6.45, 7) is 0. The topological polar surface area (TPSA) is 169 Å². The first-order valence-corrected chi connectivity index (χ1v) is 19.0. The number of benzene rings is 4. The zero-order chi connectivity index (χ0) is 39.8. The van der Waals surface area contributed by atoms with Crippen molar-refractivity contribution in [2.45, 2.75) is 24.2 Å². The number of nitro groups is 1. The van der Waals surface area contributed by atoms with Gasteiger partial charge in [-0.05, 0) is 78.9 Å². The first kappa shape index (κ1) is 37.5. The fraction of sp³-hybridized carbons (Fsp3) is 0.250. The van der Waals surface area contributed by atoms with Crippen LogP contribution in [0.1, 0.15) is 29.9 Å². The summed E-state index contributed by atoms with van der Waals surface area (Å²) in [7, 11) is 2.90. The number of methoxy groups -OCH3 is 2. The van der Waals surface area contributed by atoms with E-state index in [-0.39, 0.29) is 52.0 Å². The highest BCUT2D eigenvalue weighted by atomic mass is 79.9. The third-order valence-corrected chi connectivity index (χ3v) is 12.5. The molecule has 0 bridgehead atoms. The van der Waals surface area contributed by atoms with E-state index in [2.05, 4.69) is 21.4 Å². The van der Waals surface area contributed by atoms with Crippen LogP contribution in [0.3, 0.4) is 0 Å². The van der Waals surface area contributed by atoms with Crippen molar-refractivity contribution in [3.63, 3.8) is 0 Å². The number of nitrogens with one attached hydrogen (secondary N) is 1. The maximum atomic E-state index is 15.5. The summed E-state index contributed by atoms with van der Waals surface area (Å²) in [5.74, 6) is -6.70. The van der Waals surface area contributed by atoms with Crippen molar-refractivity contribution >= 4 is 79.8 Å². The van der Waals surface area contributed by atoms with Crippen LogP contribution in [0.2, 0.25) is 10.0 Å². The Balaban J connectivity index is 1.34. The van der Waals surface area contributed by atoms with Crippen LogP contribution in [0.25, 0.3) is 0 Å². The van der Waals surface area contributed by atoms with Crippen LogP contribution < -0.4 is 19.8 Å².